The van der Waals surface area contributed by atoms with Gasteiger partial charge in [-0.15, -0.1) is 0 Å². The van der Waals surface area contributed by atoms with Crippen LogP contribution in [0.5, 0.6) is 0 Å². The topological polar surface area (TPSA) is 60.2 Å². The van der Waals surface area contributed by atoms with E-state index >= 15 is 0 Å². The number of carbonyl (C=O) groups excluding carboxylic acids is 1. The van der Waals surface area contributed by atoms with Crippen molar-refractivity contribution in [2.45, 2.75) is 50.9 Å². The van der Waals surface area contributed by atoms with Gasteiger partial charge in [0.1, 0.15) is 17.7 Å². The van der Waals surface area contributed by atoms with Crippen molar-refractivity contribution in [3.8, 4) is 6.07 Å². The summed E-state index contributed by atoms with van der Waals surface area (Å²) in [7, 11) is 0. The van der Waals surface area contributed by atoms with Gasteiger partial charge in [-0.1, -0.05) is 19.1 Å². The number of hydrogen-bond acceptors (Lipinski definition) is 5. The maximum Gasteiger partial charge on any atom is 0.223 e. The van der Waals surface area contributed by atoms with Crippen LogP contribution in [0.25, 0.3) is 0 Å². The molecule has 2 heterocycles. The fourth-order valence-electron chi connectivity index (χ4n) is 4.04. The van der Waals surface area contributed by atoms with E-state index in [1.165, 1.54) is 12.1 Å². The van der Waals surface area contributed by atoms with E-state index in [-0.39, 0.29) is 29.1 Å². The maximum absolute atomic E-state index is 13.1. The lowest BCUT2D eigenvalue weighted by molar-refractivity contribution is -0.132. The van der Waals surface area contributed by atoms with Gasteiger partial charge in [-0.25, -0.2) is 9.37 Å². The Morgan fingerprint density at radius 1 is 1.29 bits per heavy atom. The predicted octanol–water partition coefficient (Wildman–Crippen LogP) is 4.79. The Bertz CT molecular complexity index is 913. The SMILES string of the molecule is CCC1CN(C(=O)CCSC(C)c2ccc(F)cc2)CC(C)N1c1ccc(C#N)cn1. The molecule has 5 nitrogen and oxygen atoms in total. The molecule has 7 heteroatoms. The summed E-state index contributed by atoms with van der Waals surface area (Å²) in [4.78, 5) is 21.6. The maximum atomic E-state index is 13.1. The Morgan fingerprint density at radius 2 is 2.03 bits per heavy atom. The molecular weight excluding hydrogens is 411 g/mol. The number of amides is 1. The van der Waals surface area contributed by atoms with Gasteiger partial charge in [-0.05, 0) is 50.1 Å². The van der Waals surface area contributed by atoms with Crippen molar-refractivity contribution >= 4 is 23.5 Å². The monoisotopic (exact) mass is 440 g/mol. The fraction of sp³-hybridized carbons (Fsp3) is 0.458. The van der Waals surface area contributed by atoms with Crippen molar-refractivity contribution in [3.05, 3.63) is 59.5 Å². The highest BCUT2D eigenvalue weighted by molar-refractivity contribution is 7.99. The predicted molar refractivity (Wildman–Crippen MR) is 123 cm³/mol. The van der Waals surface area contributed by atoms with Crippen LogP contribution in [-0.4, -0.2) is 46.7 Å². The van der Waals surface area contributed by atoms with Crippen LogP contribution >= 0.6 is 11.8 Å². The molecule has 3 atom stereocenters. The molecule has 1 aromatic heterocycles. The molecule has 164 valence electrons. The minimum absolute atomic E-state index is 0.147. The zero-order valence-electron chi connectivity index (χ0n) is 18.3. The van der Waals surface area contributed by atoms with E-state index in [1.54, 1.807) is 36.2 Å². The molecule has 0 saturated carbocycles. The molecular formula is C24H29FN4OS. The number of aromatic nitrogens is 1. The smallest absolute Gasteiger partial charge is 0.223 e. The Morgan fingerprint density at radius 3 is 2.65 bits per heavy atom. The number of nitriles is 1. The number of anilines is 1. The third-order valence-corrected chi connectivity index (χ3v) is 6.98. The van der Waals surface area contributed by atoms with Crippen molar-refractivity contribution in [1.29, 1.82) is 5.26 Å². The molecule has 1 amide bonds. The lowest BCUT2D eigenvalue weighted by Gasteiger charge is -2.46. The standard InChI is InChI=1S/C24H29FN4OS/c1-4-22-16-28(15-17(2)29(22)23-10-5-19(13-26)14-27-23)24(30)11-12-31-18(3)20-6-8-21(25)9-7-20/h5-10,14,17-18,22H,4,11-12,15-16H2,1-3H3. The van der Waals surface area contributed by atoms with E-state index in [4.69, 9.17) is 5.26 Å². The van der Waals surface area contributed by atoms with Gasteiger partial charge in [0.25, 0.3) is 0 Å². The number of pyridine rings is 1. The number of benzene rings is 1. The molecule has 0 spiro atoms. The molecule has 3 unspecified atom stereocenters. The van der Waals surface area contributed by atoms with Gasteiger partial charge in [0.2, 0.25) is 5.91 Å². The van der Waals surface area contributed by atoms with E-state index in [1.807, 2.05) is 11.0 Å². The highest BCUT2D eigenvalue weighted by Gasteiger charge is 2.33. The van der Waals surface area contributed by atoms with Crippen molar-refractivity contribution in [3.63, 3.8) is 0 Å². The van der Waals surface area contributed by atoms with Crippen LogP contribution in [0.15, 0.2) is 42.6 Å². The zero-order valence-corrected chi connectivity index (χ0v) is 19.1. The first-order valence-electron chi connectivity index (χ1n) is 10.7. The van der Waals surface area contributed by atoms with Gasteiger partial charge in [0.05, 0.1) is 5.56 Å². The number of piperazine rings is 1. The van der Waals surface area contributed by atoms with E-state index in [2.05, 4.69) is 36.7 Å². The van der Waals surface area contributed by atoms with Crippen LogP contribution < -0.4 is 4.90 Å². The van der Waals surface area contributed by atoms with E-state index in [9.17, 15) is 9.18 Å². The summed E-state index contributed by atoms with van der Waals surface area (Å²) in [5.41, 5.74) is 1.62. The van der Waals surface area contributed by atoms with E-state index < -0.39 is 0 Å². The summed E-state index contributed by atoms with van der Waals surface area (Å²) in [5.74, 6) is 1.54. The first kappa shape index (κ1) is 23.1. The largest absolute Gasteiger partial charge is 0.347 e. The van der Waals surface area contributed by atoms with Gasteiger partial charge < -0.3 is 9.80 Å². The summed E-state index contributed by atoms with van der Waals surface area (Å²) < 4.78 is 13.1. The van der Waals surface area contributed by atoms with Crippen LogP contribution in [0, 0.1) is 17.1 Å². The Balaban J connectivity index is 1.55. The summed E-state index contributed by atoms with van der Waals surface area (Å²) in [6.45, 7) is 7.67. The fourth-order valence-corrected chi connectivity index (χ4v) is 5.04. The summed E-state index contributed by atoms with van der Waals surface area (Å²) >= 11 is 1.72. The molecule has 3 rings (SSSR count). The lowest BCUT2D eigenvalue weighted by Crippen LogP contribution is -2.59. The molecule has 31 heavy (non-hydrogen) atoms. The van der Waals surface area contributed by atoms with Gasteiger partial charge in [-0.2, -0.15) is 17.0 Å². The average molecular weight is 441 g/mol. The first-order chi connectivity index (χ1) is 14.9. The number of carbonyl (C=O) groups is 1. The van der Waals surface area contributed by atoms with Crippen LogP contribution in [0.2, 0.25) is 0 Å². The molecule has 1 fully saturated rings. The number of hydrogen-bond donors (Lipinski definition) is 0. The molecule has 0 radical (unpaired) electrons. The van der Waals surface area contributed by atoms with Crippen LogP contribution in [0.4, 0.5) is 10.2 Å². The molecule has 0 aliphatic carbocycles. The third kappa shape index (κ3) is 5.76. The van der Waals surface area contributed by atoms with Gasteiger partial charge in [-0.3, -0.25) is 4.79 Å². The molecule has 1 aliphatic rings. The molecule has 2 aromatic rings. The normalized spacial score (nSPS) is 19.7. The molecule has 1 aliphatic heterocycles. The second kappa shape index (κ2) is 10.6. The van der Waals surface area contributed by atoms with E-state index in [0.29, 0.717) is 25.1 Å². The molecule has 1 saturated heterocycles. The van der Waals surface area contributed by atoms with Crippen LogP contribution in [-0.2, 0) is 4.79 Å². The van der Waals surface area contributed by atoms with Crippen molar-refractivity contribution < 1.29 is 9.18 Å². The summed E-state index contributed by atoms with van der Waals surface area (Å²) in [6, 6.07) is 12.7. The number of rotatable bonds is 7. The second-order valence-corrected chi connectivity index (χ2v) is 9.40. The number of nitrogens with zero attached hydrogens (tertiary/aromatic N) is 4. The highest BCUT2D eigenvalue weighted by Crippen LogP contribution is 2.29. The first-order valence-corrected chi connectivity index (χ1v) is 11.8. The zero-order chi connectivity index (χ0) is 22.4. The van der Waals surface area contributed by atoms with Gasteiger partial charge >= 0.3 is 0 Å². The average Bonchev–Trinajstić information content (AvgIpc) is 2.78. The van der Waals surface area contributed by atoms with Gasteiger partial charge in [0.15, 0.2) is 0 Å². The molecule has 0 bridgehead atoms. The number of thioether (sulfide) groups is 1. The third-order valence-electron chi connectivity index (χ3n) is 5.77. The summed E-state index contributed by atoms with van der Waals surface area (Å²) in [5, 5.41) is 9.22. The van der Waals surface area contributed by atoms with Crippen LogP contribution in [0.3, 0.4) is 0 Å². The molecule has 1 aromatic carbocycles. The quantitative estimate of drug-likeness (QED) is 0.619. The number of halogens is 1. The molecule has 0 N–H and O–H groups in total. The minimum Gasteiger partial charge on any atom is -0.347 e. The Hall–Kier alpha value is -2.59. The van der Waals surface area contributed by atoms with E-state index in [0.717, 1.165) is 23.6 Å². The lowest BCUT2D eigenvalue weighted by atomic mass is 10.0. The van der Waals surface area contributed by atoms with Gasteiger partial charge in [0, 0.05) is 48.8 Å². The second-order valence-electron chi connectivity index (χ2n) is 7.95. The summed E-state index contributed by atoms with van der Waals surface area (Å²) in [6.07, 6.45) is 3.01. The Kier molecular flexibility index (Phi) is 7.91. The minimum atomic E-state index is -0.230. The van der Waals surface area contributed by atoms with Crippen molar-refractivity contribution in [1.82, 2.24) is 9.88 Å². The van der Waals surface area contributed by atoms with Crippen LogP contribution in [0.1, 0.15) is 50.0 Å². The van der Waals surface area contributed by atoms with Crippen molar-refractivity contribution in [2.24, 2.45) is 0 Å². The highest BCUT2D eigenvalue weighted by atomic mass is 32.2. The Labute approximate surface area is 188 Å². The van der Waals surface area contributed by atoms with Crippen molar-refractivity contribution in [2.75, 3.05) is 23.7 Å².